The van der Waals surface area contributed by atoms with Crippen molar-refractivity contribution in [2.45, 2.75) is 11.8 Å². The minimum Gasteiger partial charge on any atom is -0.496 e. The number of hydrogen-bond donors (Lipinski definition) is 2. The van der Waals surface area contributed by atoms with Crippen LogP contribution >= 0.6 is 0 Å². The van der Waals surface area contributed by atoms with Gasteiger partial charge in [-0.15, -0.1) is 0 Å². The number of aromatic carboxylic acids is 1. The lowest BCUT2D eigenvalue weighted by molar-refractivity contribution is 0.0696. The number of fused-ring (bicyclic) bond motifs is 1. The highest BCUT2D eigenvalue weighted by Crippen LogP contribution is 2.32. The second kappa shape index (κ2) is 9.30. The molecule has 0 saturated heterocycles. The number of ether oxygens (including phenoxy) is 1. The van der Waals surface area contributed by atoms with Crippen LogP contribution in [0.5, 0.6) is 5.75 Å². The van der Waals surface area contributed by atoms with Gasteiger partial charge in [0.1, 0.15) is 5.75 Å². The van der Waals surface area contributed by atoms with Crippen molar-refractivity contribution in [2.24, 2.45) is 0 Å². The van der Waals surface area contributed by atoms with Crippen molar-refractivity contribution < 1.29 is 23.1 Å². The van der Waals surface area contributed by atoms with Crippen LogP contribution < -0.4 is 9.46 Å². The lowest BCUT2D eigenvalue weighted by Crippen LogP contribution is -2.14. The van der Waals surface area contributed by atoms with Crippen LogP contribution in [0.1, 0.15) is 27.0 Å². The highest BCUT2D eigenvalue weighted by Gasteiger charge is 2.20. The van der Waals surface area contributed by atoms with Crippen LogP contribution in [0.25, 0.3) is 10.8 Å². The molecule has 0 aliphatic rings. The molecule has 4 aromatic carbocycles. The first-order valence-corrected chi connectivity index (χ1v) is 11.8. The SMILES string of the molecule is COc1ccc(S(=O)(=O)Nc2ccccc2C#Cc2ccc(C(=O)O)c(C)c2)c2ccccc12. The molecule has 0 aromatic heterocycles. The van der Waals surface area contributed by atoms with E-state index in [-0.39, 0.29) is 10.5 Å². The highest BCUT2D eigenvalue weighted by molar-refractivity contribution is 7.93. The van der Waals surface area contributed by atoms with Crippen LogP contribution in [-0.2, 0) is 10.0 Å². The molecule has 170 valence electrons. The topological polar surface area (TPSA) is 92.7 Å². The molecule has 4 aromatic rings. The van der Waals surface area contributed by atoms with E-state index in [0.29, 0.717) is 38.9 Å². The van der Waals surface area contributed by atoms with E-state index in [4.69, 9.17) is 4.74 Å². The van der Waals surface area contributed by atoms with Crippen molar-refractivity contribution >= 4 is 32.5 Å². The summed E-state index contributed by atoms with van der Waals surface area (Å²) in [5.41, 5.74) is 2.27. The van der Waals surface area contributed by atoms with Crippen LogP contribution in [0.4, 0.5) is 5.69 Å². The van der Waals surface area contributed by atoms with Gasteiger partial charge in [-0.05, 0) is 55.0 Å². The summed E-state index contributed by atoms with van der Waals surface area (Å²) in [4.78, 5) is 11.3. The van der Waals surface area contributed by atoms with Crippen molar-refractivity contribution in [3.63, 3.8) is 0 Å². The molecule has 0 unspecified atom stereocenters. The first-order chi connectivity index (χ1) is 16.3. The molecule has 0 heterocycles. The lowest BCUT2D eigenvalue weighted by Gasteiger charge is -2.13. The highest BCUT2D eigenvalue weighted by atomic mass is 32.2. The van der Waals surface area contributed by atoms with E-state index in [9.17, 15) is 18.3 Å². The largest absolute Gasteiger partial charge is 0.496 e. The van der Waals surface area contributed by atoms with E-state index in [1.165, 1.54) is 12.1 Å². The van der Waals surface area contributed by atoms with E-state index in [2.05, 4.69) is 16.6 Å². The number of nitrogens with one attached hydrogen (secondary N) is 1. The maximum atomic E-state index is 13.3. The van der Waals surface area contributed by atoms with Gasteiger partial charge in [0, 0.05) is 21.9 Å². The fourth-order valence-electron chi connectivity index (χ4n) is 3.66. The van der Waals surface area contributed by atoms with Gasteiger partial charge in [-0.3, -0.25) is 4.72 Å². The molecule has 6 nitrogen and oxygen atoms in total. The number of methoxy groups -OCH3 is 1. The summed E-state index contributed by atoms with van der Waals surface area (Å²) in [5.74, 6) is 5.57. The van der Waals surface area contributed by atoms with Gasteiger partial charge in [-0.1, -0.05) is 48.2 Å². The average Bonchev–Trinajstić information content (AvgIpc) is 2.82. The fraction of sp³-hybridized carbons (Fsp3) is 0.0741. The van der Waals surface area contributed by atoms with E-state index in [0.717, 1.165) is 0 Å². The number of aryl methyl sites for hydroxylation is 1. The van der Waals surface area contributed by atoms with Crippen LogP contribution in [0.3, 0.4) is 0 Å². The van der Waals surface area contributed by atoms with Gasteiger partial charge >= 0.3 is 5.97 Å². The zero-order valence-electron chi connectivity index (χ0n) is 18.5. The number of carbonyl (C=O) groups is 1. The molecular formula is C27H21NO5S. The molecule has 2 N–H and O–H groups in total. The van der Waals surface area contributed by atoms with Gasteiger partial charge in [0.05, 0.1) is 23.3 Å². The Morgan fingerprint density at radius 2 is 1.62 bits per heavy atom. The van der Waals surface area contributed by atoms with Gasteiger partial charge in [-0.25, -0.2) is 13.2 Å². The number of carboxylic acid groups (broad SMARTS) is 1. The Morgan fingerprint density at radius 3 is 2.32 bits per heavy atom. The summed E-state index contributed by atoms with van der Waals surface area (Å²) in [6.07, 6.45) is 0. The Morgan fingerprint density at radius 1 is 0.912 bits per heavy atom. The van der Waals surface area contributed by atoms with Crippen molar-refractivity contribution in [3.05, 3.63) is 101 Å². The molecule has 0 spiro atoms. The van der Waals surface area contributed by atoms with Gasteiger partial charge in [-0.2, -0.15) is 0 Å². The Labute approximate surface area is 197 Å². The van der Waals surface area contributed by atoms with Crippen LogP contribution in [0.15, 0.2) is 83.8 Å². The standard InChI is InChI=1S/C27H21NO5S/c1-18-17-19(12-14-21(18)27(29)30)11-13-20-7-3-6-10-24(20)28-34(31,32)26-16-15-25(33-2)22-8-4-5-9-23(22)26/h3-10,12,14-17,28H,1-2H3,(H,29,30). The van der Waals surface area contributed by atoms with Gasteiger partial charge in [0.25, 0.3) is 10.0 Å². The van der Waals surface area contributed by atoms with E-state index >= 15 is 0 Å². The monoisotopic (exact) mass is 471 g/mol. The Bertz CT molecular complexity index is 1580. The molecule has 0 bridgehead atoms. The van der Waals surface area contributed by atoms with Crippen LogP contribution in [-0.4, -0.2) is 26.6 Å². The van der Waals surface area contributed by atoms with Crippen molar-refractivity contribution in [1.82, 2.24) is 0 Å². The first kappa shape index (κ1) is 22.9. The minimum atomic E-state index is -3.93. The fourth-order valence-corrected chi connectivity index (χ4v) is 4.95. The third kappa shape index (κ3) is 4.58. The number of rotatable bonds is 5. The maximum Gasteiger partial charge on any atom is 0.335 e. The van der Waals surface area contributed by atoms with E-state index < -0.39 is 16.0 Å². The van der Waals surface area contributed by atoms with Crippen LogP contribution in [0.2, 0.25) is 0 Å². The normalized spacial score (nSPS) is 10.9. The first-order valence-electron chi connectivity index (χ1n) is 10.3. The summed E-state index contributed by atoms with van der Waals surface area (Å²) >= 11 is 0. The molecule has 0 atom stereocenters. The molecule has 0 amide bonds. The van der Waals surface area contributed by atoms with Crippen molar-refractivity contribution in [3.8, 4) is 17.6 Å². The van der Waals surface area contributed by atoms with Gasteiger partial charge < -0.3 is 9.84 Å². The van der Waals surface area contributed by atoms with Gasteiger partial charge in [0.2, 0.25) is 0 Å². The molecule has 0 radical (unpaired) electrons. The van der Waals surface area contributed by atoms with Crippen LogP contribution in [0, 0.1) is 18.8 Å². The zero-order chi connectivity index (χ0) is 24.3. The second-order valence-corrected chi connectivity index (χ2v) is 9.20. The number of hydrogen-bond acceptors (Lipinski definition) is 4. The van der Waals surface area contributed by atoms with Crippen molar-refractivity contribution in [2.75, 3.05) is 11.8 Å². The second-order valence-electron chi connectivity index (χ2n) is 7.55. The van der Waals surface area contributed by atoms with Crippen molar-refractivity contribution in [1.29, 1.82) is 0 Å². The molecule has 0 aliphatic heterocycles. The number of sulfonamides is 1. The van der Waals surface area contributed by atoms with Gasteiger partial charge in [0.15, 0.2) is 0 Å². The zero-order valence-corrected chi connectivity index (χ0v) is 19.3. The predicted octanol–water partition coefficient (Wildman–Crippen LogP) is 5.06. The number of anilines is 1. The predicted molar refractivity (Wildman–Crippen MR) is 132 cm³/mol. The molecular weight excluding hydrogens is 450 g/mol. The molecule has 0 aliphatic carbocycles. The lowest BCUT2D eigenvalue weighted by atomic mass is 10.0. The third-order valence-electron chi connectivity index (χ3n) is 5.32. The molecule has 0 fully saturated rings. The maximum absolute atomic E-state index is 13.3. The molecule has 4 rings (SSSR count). The smallest absolute Gasteiger partial charge is 0.335 e. The Hall–Kier alpha value is -4.28. The Kier molecular flexibility index (Phi) is 6.26. The number of benzene rings is 4. The summed E-state index contributed by atoms with van der Waals surface area (Å²) in [6.45, 7) is 1.70. The number of carboxylic acids is 1. The molecule has 34 heavy (non-hydrogen) atoms. The summed E-state index contributed by atoms with van der Waals surface area (Å²) in [5, 5.41) is 10.4. The summed E-state index contributed by atoms with van der Waals surface area (Å²) in [7, 11) is -2.39. The molecule has 0 saturated carbocycles. The third-order valence-corrected chi connectivity index (χ3v) is 6.75. The number of para-hydroxylation sites is 1. The summed E-state index contributed by atoms with van der Waals surface area (Å²) in [6, 6.07) is 22.0. The summed E-state index contributed by atoms with van der Waals surface area (Å²) < 4.78 is 34.7. The van der Waals surface area contributed by atoms with E-state index in [1.807, 2.05) is 12.1 Å². The minimum absolute atomic E-state index is 0.131. The average molecular weight is 472 g/mol. The quantitative estimate of drug-likeness (QED) is 0.397. The molecule has 7 heteroatoms. The Balaban J connectivity index is 1.70. The van der Waals surface area contributed by atoms with E-state index in [1.54, 1.807) is 68.6 Å².